The van der Waals surface area contributed by atoms with Gasteiger partial charge in [0.1, 0.15) is 18.1 Å². The summed E-state index contributed by atoms with van der Waals surface area (Å²) in [6.07, 6.45) is 2.25. The van der Waals surface area contributed by atoms with Gasteiger partial charge in [0, 0.05) is 31.3 Å². The molecule has 0 aliphatic carbocycles. The van der Waals surface area contributed by atoms with Crippen molar-refractivity contribution in [2.75, 3.05) is 13.2 Å². The molecule has 1 unspecified atom stereocenters. The quantitative estimate of drug-likeness (QED) is 0.529. The molecule has 1 aliphatic rings. The molecule has 0 radical (unpaired) electrons. The molecule has 1 saturated heterocycles. The molecule has 0 saturated carbocycles. The van der Waals surface area contributed by atoms with Crippen LogP contribution in [0.1, 0.15) is 41.1 Å². The van der Waals surface area contributed by atoms with Gasteiger partial charge in [0.05, 0.1) is 6.61 Å². The topological polar surface area (TPSA) is 61.6 Å². The number of Topliss-reactive ketones (excluding diaryl/α,β-unsaturated/α-hetero) is 1. The third kappa shape index (κ3) is 4.46. The van der Waals surface area contributed by atoms with Gasteiger partial charge in [-0.3, -0.25) is 4.79 Å². The summed E-state index contributed by atoms with van der Waals surface area (Å²) in [7, 11) is 0. The number of carbonyl (C=O) groups is 1. The molecule has 0 N–H and O–H groups in total. The molecule has 1 fully saturated rings. The zero-order valence-electron chi connectivity index (χ0n) is 15.5. The Labute approximate surface area is 162 Å². The van der Waals surface area contributed by atoms with Crippen molar-refractivity contribution in [1.82, 2.24) is 5.16 Å². The maximum Gasteiger partial charge on any atom is 0.184 e. The molecule has 6 heteroatoms. The Bertz CT molecular complexity index is 962. The molecular weight excluding hydrogens is 361 g/mol. The number of fused-ring (bicyclic) bond motifs is 1. The SMILES string of the molecule is O=C(CCC1CCOC1)c1cc(COCc2cc3ccccc3cc2F)on1. The molecule has 28 heavy (non-hydrogen) atoms. The van der Waals surface area contributed by atoms with Gasteiger partial charge in [0.25, 0.3) is 0 Å². The van der Waals surface area contributed by atoms with Gasteiger partial charge in [0.2, 0.25) is 0 Å². The molecule has 146 valence electrons. The highest BCUT2D eigenvalue weighted by molar-refractivity contribution is 5.94. The average Bonchev–Trinajstić information content (AvgIpc) is 3.38. The maximum atomic E-state index is 14.2. The lowest BCUT2D eigenvalue weighted by atomic mass is 10.00. The molecule has 5 nitrogen and oxygen atoms in total. The fourth-order valence-corrected chi connectivity index (χ4v) is 3.42. The number of rotatable bonds is 8. The first-order chi connectivity index (χ1) is 13.7. The first-order valence-electron chi connectivity index (χ1n) is 9.50. The number of benzene rings is 2. The van der Waals surface area contributed by atoms with E-state index in [1.807, 2.05) is 24.3 Å². The normalized spacial score (nSPS) is 16.7. The lowest BCUT2D eigenvalue weighted by Gasteiger charge is -2.06. The fourth-order valence-electron chi connectivity index (χ4n) is 3.42. The van der Waals surface area contributed by atoms with Crippen LogP contribution in [0.5, 0.6) is 0 Å². The average molecular weight is 383 g/mol. The van der Waals surface area contributed by atoms with Crippen molar-refractivity contribution in [3.63, 3.8) is 0 Å². The third-order valence-electron chi connectivity index (χ3n) is 5.06. The van der Waals surface area contributed by atoms with Crippen molar-refractivity contribution in [3.8, 4) is 0 Å². The smallest absolute Gasteiger partial charge is 0.184 e. The number of ketones is 1. The highest BCUT2D eigenvalue weighted by atomic mass is 19.1. The summed E-state index contributed by atoms with van der Waals surface area (Å²) < 4.78 is 30.3. The van der Waals surface area contributed by atoms with Crippen molar-refractivity contribution >= 4 is 16.6 Å². The lowest BCUT2D eigenvalue weighted by molar-refractivity contribution is 0.0861. The standard InChI is InChI=1S/C22H22FNO4/c23-20-10-17-4-2-1-3-16(17)9-18(20)13-27-14-19-11-21(24-28-19)22(25)6-5-15-7-8-26-12-15/h1-4,9-11,15H,5-8,12-14H2. The van der Waals surface area contributed by atoms with Gasteiger partial charge in [-0.05, 0) is 41.7 Å². The number of hydrogen-bond acceptors (Lipinski definition) is 5. The van der Waals surface area contributed by atoms with Crippen LogP contribution in [-0.2, 0) is 22.7 Å². The van der Waals surface area contributed by atoms with Gasteiger partial charge < -0.3 is 14.0 Å². The van der Waals surface area contributed by atoms with E-state index in [1.165, 1.54) is 6.07 Å². The van der Waals surface area contributed by atoms with Crippen LogP contribution in [0.25, 0.3) is 10.8 Å². The Hall–Kier alpha value is -2.57. The summed E-state index contributed by atoms with van der Waals surface area (Å²) in [6, 6.07) is 12.5. The minimum absolute atomic E-state index is 0.0394. The van der Waals surface area contributed by atoms with E-state index in [1.54, 1.807) is 12.1 Å². The minimum atomic E-state index is -0.303. The minimum Gasteiger partial charge on any atom is -0.381 e. The first-order valence-corrected chi connectivity index (χ1v) is 9.50. The first kappa shape index (κ1) is 18.8. The number of halogens is 1. The maximum absolute atomic E-state index is 14.2. The Balaban J connectivity index is 1.29. The number of hydrogen-bond donors (Lipinski definition) is 0. The van der Waals surface area contributed by atoms with E-state index in [9.17, 15) is 9.18 Å². The highest BCUT2D eigenvalue weighted by Gasteiger charge is 2.19. The van der Waals surface area contributed by atoms with Crippen molar-refractivity contribution in [3.05, 3.63) is 65.3 Å². The Morgan fingerprint density at radius 3 is 2.79 bits per heavy atom. The molecular formula is C22H22FNO4. The predicted octanol–water partition coefficient (Wildman–Crippen LogP) is 4.68. The molecule has 1 aliphatic heterocycles. The summed E-state index contributed by atoms with van der Waals surface area (Å²) >= 11 is 0. The van der Waals surface area contributed by atoms with Gasteiger partial charge in [-0.25, -0.2) is 4.39 Å². The van der Waals surface area contributed by atoms with Gasteiger partial charge in [-0.2, -0.15) is 0 Å². The second kappa shape index (κ2) is 8.63. The highest BCUT2D eigenvalue weighted by Crippen LogP contribution is 2.21. The van der Waals surface area contributed by atoms with E-state index >= 15 is 0 Å². The third-order valence-corrected chi connectivity index (χ3v) is 5.06. The van der Waals surface area contributed by atoms with Crippen LogP contribution < -0.4 is 0 Å². The van der Waals surface area contributed by atoms with Crippen molar-refractivity contribution in [2.45, 2.75) is 32.5 Å². The number of nitrogens with zero attached hydrogens (tertiary/aromatic N) is 1. The van der Waals surface area contributed by atoms with Gasteiger partial charge in [-0.15, -0.1) is 0 Å². The van der Waals surface area contributed by atoms with Crippen LogP contribution in [-0.4, -0.2) is 24.2 Å². The monoisotopic (exact) mass is 383 g/mol. The van der Waals surface area contributed by atoms with Gasteiger partial charge >= 0.3 is 0 Å². The molecule has 0 bridgehead atoms. The van der Waals surface area contributed by atoms with E-state index in [-0.39, 0.29) is 24.8 Å². The second-order valence-electron chi connectivity index (χ2n) is 7.15. The molecule has 1 atom stereocenters. The van der Waals surface area contributed by atoms with E-state index in [0.29, 0.717) is 29.4 Å². The molecule has 3 aromatic rings. The van der Waals surface area contributed by atoms with E-state index in [2.05, 4.69) is 5.16 Å². The zero-order valence-corrected chi connectivity index (χ0v) is 15.5. The summed E-state index contributed by atoms with van der Waals surface area (Å²) in [5.41, 5.74) is 0.794. The van der Waals surface area contributed by atoms with E-state index in [0.717, 1.165) is 36.8 Å². The second-order valence-corrected chi connectivity index (χ2v) is 7.15. The van der Waals surface area contributed by atoms with Crippen molar-refractivity contribution < 1.29 is 23.2 Å². The summed E-state index contributed by atoms with van der Waals surface area (Å²) in [5, 5.41) is 5.65. The van der Waals surface area contributed by atoms with Gasteiger partial charge in [-0.1, -0.05) is 29.4 Å². The van der Waals surface area contributed by atoms with Crippen LogP contribution in [0.2, 0.25) is 0 Å². The van der Waals surface area contributed by atoms with Crippen LogP contribution in [0.15, 0.2) is 47.0 Å². The summed E-state index contributed by atoms with van der Waals surface area (Å²) in [6.45, 7) is 1.75. The molecule has 0 spiro atoms. The van der Waals surface area contributed by atoms with Crippen LogP contribution in [0, 0.1) is 11.7 Å². The van der Waals surface area contributed by atoms with Crippen LogP contribution in [0.3, 0.4) is 0 Å². The molecule has 2 heterocycles. The Morgan fingerprint density at radius 2 is 2.00 bits per heavy atom. The van der Waals surface area contributed by atoms with Crippen LogP contribution in [0.4, 0.5) is 4.39 Å². The number of ether oxygens (including phenoxy) is 2. The van der Waals surface area contributed by atoms with Gasteiger partial charge in [0.15, 0.2) is 11.5 Å². The predicted molar refractivity (Wildman–Crippen MR) is 101 cm³/mol. The Morgan fingerprint density at radius 1 is 1.18 bits per heavy atom. The van der Waals surface area contributed by atoms with E-state index < -0.39 is 0 Å². The van der Waals surface area contributed by atoms with Crippen molar-refractivity contribution in [2.24, 2.45) is 5.92 Å². The molecule has 1 aromatic heterocycles. The fraction of sp³-hybridized carbons (Fsp3) is 0.364. The summed E-state index contributed by atoms with van der Waals surface area (Å²) in [5.74, 6) is 0.565. The number of carbonyl (C=O) groups excluding carboxylic acids is 1. The van der Waals surface area contributed by atoms with Crippen molar-refractivity contribution in [1.29, 1.82) is 0 Å². The molecule has 4 rings (SSSR count). The largest absolute Gasteiger partial charge is 0.381 e. The molecule has 0 amide bonds. The zero-order chi connectivity index (χ0) is 19.3. The van der Waals surface area contributed by atoms with Crippen LogP contribution >= 0.6 is 0 Å². The number of aromatic nitrogens is 1. The Kier molecular flexibility index (Phi) is 5.78. The molecule has 2 aromatic carbocycles. The lowest BCUT2D eigenvalue weighted by Crippen LogP contribution is -2.05. The van der Waals surface area contributed by atoms with E-state index in [4.69, 9.17) is 14.0 Å². The summed E-state index contributed by atoms with van der Waals surface area (Å²) in [4.78, 5) is 12.2.